The topological polar surface area (TPSA) is 78.4 Å². The van der Waals surface area contributed by atoms with Crippen LogP contribution in [0.2, 0.25) is 0 Å². The van der Waals surface area contributed by atoms with Gasteiger partial charge in [-0.15, -0.1) is 0 Å². The first-order chi connectivity index (χ1) is 9.54. The standard InChI is InChI=1S/C14H13FN2O3/c1-9-12(17(18)19)5-3-6-13(9)20-14-7-2-4-11(15)10(14)8-16/h2-7H,8,16H2,1H3. The van der Waals surface area contributed by atoms with Crippen LogP contribution in [-0.4, -0.2) is 4.92 Å². The number of nitro benzene ring substituents is 1. The smallest absolute Gasteiger partial charge is 0.276 e. The van der Waals surface area contributed by atoms with E-state index < -0.39 is 10.7 Å². The molecule has 6 heteroatoms. The zero-order chi connectivity index (χ0) is 14.7. The summed E-state index contributed by atoms with van der Waals surface area (Å²) >= 11 is 0. The van der Waals surface area contributed by atoms with Crippen molar-refractivity contribution in [3.63, 3.8) is 0 Å². The zero-order valence-electron chi connectivity index (χ0n) is 10.8. The molecule has 0 fully saturated rings. The van der Waals surface area contributed by atoms with Crippen molar-refractivity contribution in [2.24, 2.45) is 5.73 Å². The van der Waals surface area contributed by atoms with Crippen molar-refractivity contribution in [2.75, 3.05) is 0 Å². The highest BCUT2D eigenvalue weighted by atomic mass is 19.1. The van der Waals surface area contributed by atoms with E-state index in [9.17, 15) is 14.5 Å². The van der Waals surface area contributed by atoms with Gasteiger partial charge in [-0.1, -0.05) is 12.1 Å². The van der Waals surface area contributed by atoms with Gasteiger partial charge in [-0.05, 0) is 25.1 Å². The molecular formula is C14H13FN2O3. The summed E-state index contributed by atoms with van der Waals surface area (Å²) < 4.78 is 19.2. The molecule has 2 N–H and O–H groups in total. The number of nitrogens with two attached hydrogens (primary N) is 1. The van der Waals surface area contributed by atoms with Crippen LogP contribution < -0.4 is 10.5 Å². The maximum Gasteiger partial charge on any atom is 0.276 e. The number of hydrogen-bond acceptors (Lipinski definition) is 4. The number of halogens is 1. The first kappa shape index (κ1) is 14.0. The Balaban J connectivity index is 2.43. The predicted octanol–water partition coefficient (Wildman–Crippen LogP) is 3.29. The Morgan fingerprint density at radius 2 is 1.90 bits per heavy atom. The highest BCUT2D eigenvalue weighted by molar-refractivity contribution is 5.50. The Morgan fingerprint density at radius 1 is 1.25 bits per heavy atom. The SMILES string of the molecule is Cc1c(Oc2cccc(F)c2CN)cccc1[N+](=O)[O-]. The Hall–Kier alpha value is -2.47. The molecule has 0 aliphatic carbocycles. The lowest BCUT2D eigenvalue weighted by atomic mass is 10.1. The van der Waals surface area contributed by atoms with Crippen LogP contribution >= 0.6 is 0 Å². The summed E-state index contributed by atoms with van der Waals surface area (Å²) in [4.78, 5) is 10.4. The van der Waals surface area contributed by atoms with E-state index in [1.165, 1.54) is 24.3 Å². The number of benzene rings is 2. The molecule has 104 valence electrons. The van der Waals surface area contributed by atoms with E-state index in [1.807, 2.05) is 0 Å². The molecule has 0 bridgehead atoms. The number of nitro groups is 1. The quantitative estimate of drug-likeness (QED) is 0.686. The van der Waals surface area contributed by atoms with Crippen LogP contribution in [0.3, 0.4) is 0 Å². The van der Waals surface area contributed by atoms with Gasteiger partial charge in [0.15, 0.2) is 0 Å². The largest absolute Gasteiger partial charge is 0.456 e. The highest BCUT2D eigenvalue weighted by Gasteiger charge is 2.16. The van der Waals surface area contributed by atoms with Gasteiger partial charge in [-0.3, -0.25) is 10.1 Å². The van der Waals surface area contributed by atoms with Crippen LogP contribution in [0.15, 0.2) is 36.4 Å². The molecule has 0 aliphatic heterocycles. The number of hydrogen-bond donors (Lipinski definition) is 1. The monoisotopic (exact) mass is 276 g/mol. The van der Waals surface area contributed by atoms with Crippen molar-refractivity contribution in [1.82, 2.24) is 0 Å². The fourth-order valence-corrected chi connectivity index (χ4v) is 1.86. The Morgan fingerprint density at radius 3 is 2.55 bits per heavy atom. The van der Waals surface area contributed by atoms with Crippen LogP contribution in [0, 0.1) is 22.9 Å². The van der Waals surface area contributed by atoms with Crippen molar-refractivity contribution >= 4 is 5.69 Å². The van der Waals surface area contributed by atoms with E-state index in [0.717, 1.165) is 0 Å². The van der Waals surface area contributed by atoms with Gasteiger partial charge in [0, 0.05) is 18.2 Å². The predicted molar refractivity (Wildman–Crippen MR) is 72.2 cm³/mol. The van der Waals surface area contributed by atoms with Gasteiger partial charge in [0.2, 0.25) is 0 Å². The van der Waals surface area contributed by atoms with Gasteiger partial charge in [-0.2, -0.15) is 0 Å². The lowest BCUT2D eigenvalue weighted by Gasteiger charge is -2.12. The second kappa shape index (κ2) is 5.66. The van der Waals surface area contributed by atoms with E-state index in [-0.39, 0.29) is 23.5 Å². The summed E-state index contributed by atoms with van der Waals surface area (Å²) in [6.45, 7) is 1.56. The van der Waals surface area contributed by atoms with Gasteiger partial charge in [0.05, 0.1) is 10.5 Å². The van der Waals surface area contributed by atoms with Gasteiger partial charge < -0.3 is 10.5 Å². The van der Waals surface area contributed by atoms with E-state index in [1.54, 1.807) is 19.1 Å². The van der Waals surface area contributed by atoms with Gasteiger partial charge in [0.25, 0.3) is 5.69 Å². The molecule has 0 atom stereocenters. The molecule has 0 saturated carbocycles. The van der Waals surface area contributed by atoms with E-state index >= 15 is 0 Å². The van der Waals surface area contributed by atoms with Crippen LogP contribution in [-0.2, 0) is 6.54 Å². The maximum atomic E-state index is 13.6. The van der Waals surface area contributed by atoms with Crippen molar-refractivity contribution in [3.8, 4) is 11.5 Å². The summed E-state index contributed by atoms with van der Waals surface area (Å²) in [6.07, 6.45) is 0. The van der Waals surface area contributed by atoms with E-state index in [2.05, 4.69) is 0 Å². The molecule has 0 saturated heterocycles. The number of nitrogens with zero attached hydrogens (tertiary/aromatic N) is 1. The molecule has 2 aromatic carbocycles. The molecule has 0 aliphatic rings. The molecule has 0 radical (unpaired) electrons. The Labute approximate surface area is 114 Å². The van der Waals surface area contributed by atoms with Crippen molar-refractivity contribution < 1.29 is 14.1 Å². The molecule has 0 unspecified atom stereocenters. The van der Waals surface area contributed by atoms with Crippen molar-refractivity contribution in [2.45, 2.75) is 13.5 Å². The molecule has 2 rings (SSSR count). The normalized spacial score (nSPS) is 10.3. The Bertz CT molecular complexity index is 659. The van der Waals surface area contributed by atoms with Crippen molar-refractivity contribution in [1.29, 1.82) is 0 Å². The molecule has 5 nitrogen and oxygen atoms in total. The minimum atomic E-state index is -0.488. The lowest BCUT2D eigenvalue weighted by Crippen LogP contribution is -2.03. The van der Waals surface area contributed by atoms with Crippen LogP contribution in [0.5, 0.6) is 11.5 Å². The summed E-state index contributed by atoms with van der Waals surface area (Å²) in [7, 11) is 0. The van der Waals surface area contributed by atoms with E-state index in [4.69, 9.17) is 10.5 Å². The fourth-order valence-electron chi connectivity index (χ4n) is 1.86. The molecule has 0 amide bonds. The minimum absolute atomic E-state index is 0.0179. The van der Waals surface area contributed by atoms with E-state index in [0.29, 0.717) is 11.3 Å². The summed E-state index contributed by atoms with van der Waals surface area (Å²) in [5.41, 5.74) is 6.06. The average molecular weight is 276 g/mol. The second-order valence-corrected chi connectivity index (χ2v) is 4.18. The lowest BCUT2D eigenvalue weighted by molar-refractivity contribution is -0.385. The Kier molecular flexibility index (Phi) is 3.95. The molecule has 20 heavy (non-hydrogen) atoms. The number of ether oxygens (including phenoxy) is 1. The first-order valence-electron chi connectivity index (χ1n) is 5.94. The average Bonchev–Trinajstić information content (AvgIpc) is 2.41. The van der Waals surface area contributed by atoms with Crippen molar-refractivity contribution in [3.05, 3.63) is 63.5 Å². The van der Waals surface area contributed by atoms with Gasteiger partial charge in [-0.25, -0.2) is 4.39 Å². The van der Waals surface area contributed by atoms with Crippen LogP contribution in [0.4, 0.5) is 10.1 Å². The van der Waals surface area contributed by atoms with Gasteiger partial charge in [0.1, 0.15) is 17.3 Å². The third kappa shape index (κ3) is 2.60. The third-order valence-electron chi connectivity index (χ3n) is 2.95. The molecule has 2 aromatic rings. The van der Waals surface area contributed by atoms with Gasteiger partial charge >= 0.3 is 0 Å². The summed E-state index contributed by atoms with van der Waals surface area (Å²) in [6, 6.07) is 8.85. The second-order valence-electron chi connectivity index (χ2n) is 4.18. The summed E-state index contributed by atoms with van der Waals surface area (Å²) in [5, 5.41) is 10.9. The molecule has 0 heterocycles. The van der Waals surface area contributed by atoms with Crippen LogP contribution in [0.1, 0.15) is 11.1 Å². The molecular weight excluding hydrogens is 263 g/mol. The molecule has 0 aromatic heterocycles. The fraction of sp³-hybridized carbons (Fsp3) is 0.143. The zero-order valence-corrected chi connectivity index (χ0v) is 10.8. The highest BCUT2D eigenvalue weighted by Crippen LogP contribution is 2.33. The number of rotatable bonds is 4. The van der Waals surface area contributed by atoms with Crippen LogP contribution in [0.25, 0.3) is 0 Å². The first-order valence-corrected chi connectivity index (χ1v) is 5.94. The molecule has 0 spiro atoms. The third-order valence-corrected chi connectivity index (χ3v) is 2.95. The minimum Gasteiger partial charge on any atom is -0.456 e. The maximum absolute atomic E-state index is 13.6. The summed E-state index contributed by atoms with van der Waals surface area (Å²) in [5.74, 6) is 0.101.